The van der Waals surface area contributed by atoms with Crippen LogP contribution in [0, 0.1) is 46.5 Å². The van der Waals surface area contributed by atoms with E-state index in [9.17, 15) is 61.5 Å². The molecular formula is C15H4F14N2. The Bertz CT molecular complexity index is 926. The van der Waals surface area contributed by atoms with Crippen LogP contribution in [0.25, 0.3) is 0 Å². The summed E-state index contributed by atoms with van der Waals surface area (Å²) in [7, 11) is 0. The Hall–Kier alpha value is -2.94. The molecule has 2 nitrogen and oxygen atoms in total. The molecule has 16 heteroatoms. The number of hydrogen-bond donors (Lipinski definition) is 2. The lowest BCUT2D eigenvalue weighted by atomic mass is 9.71. The monoisotopic (exact) mass is 478 g/mol. The van der Waals surface area contributed by atoms with Gasteiger partial charge < -0.3 is 11.5 Å². The summed E-state index contributed by atoms with van der Waals surface area (Å²) in [6.07, 6.45) is -14.5. The lowest BCUT2D eigenvalue weighted by Gasteiger charge is -2.39. The number of anilines is 2. The molecule has 0 aliphatic heterocycles. The van der Waals surface area contributed by atoms with E-state index in [2.05, 4.69) is 11.5 Å². The largest absolute Gasteiger partial charge is 0.411 e. The molecule has 172 valence electrons. The van der Waals surface area contributed by atoms with Gasteiger partial charge in [-0.3, -0.25) is 0 Å². The maximum atomic E-state index is 14.3. The van der Waals surface area contributed by atoms with Crippen LogP contribution in [0.5, 0.6) is 0 Å². The molecule has 0 unspecified atom stereocenters. The minimum atomic E-state index is -7.25. The molecule has 0 saturated heterocycles. The highest BCUT2D eigenvalue weighted by Crippen LogP contribution is 2.59. The quantitative estimate of drug-likeness (QED) is 0.264. The predicted molar refractivity (Wildman–Crippen MR) is 74.3 cm³/mol. The predicted octanol–water partition coefficient (Wildman–Crippen LogP) is 5.37. The number of hydrogen-bond acceptors (Lipinski definition) is 2. The van der Waals surface area contributed by atoms with Crippen LogP contribution in [0.1, 0.15) is 11.1 Å². The molecule has 0 aromatic heterocycles. The van der Waals surface area contributed by atoms with Gasteiger partial charge in [0.25, 0.3) is 0 Å². The maximum absolute atomic E-state index is 14.3. The summed E-state index contributed by atoms with van der Waals surface area (Å²) in [5, 5.41) is 0. The van der Waals surface area contributed by atoms with Crippen molar-refractivity contribution >= 4 is 11.4 Å². The summed E-state index contributed by atoms with van der Waals surface area (Å²) >= 11 is 0. The Morgan fingerprint density at radius 3 is 0.871 bits per heavy atom. The van der Waals surface area contributed by atoms with Gasteiger partial charge in [0.2, 0.25) is 5.41 Å². The van der Waals surface area contributed by atoms with E-state index in [1.54, 1.807) is 0 Å². The molecule has 2 rings (SSSR count). The van der Waals surface area contributed by atoms with Crippen molar-refractivity contribution in [1.82, 2.24) is 0 Å². The molecule has 31 heavy (non-hydrogen) atoms. The van der Waals surface area contributed by atoms with Gasteiger partial charge in [-0.15, -0.1) is 0 Å². The number of halogens is 14. The molecule has 0 heterocycles. The standard InChI is InChI=1S/C15H4F14N2/c16-3-1(5(18)11(30)9(22)7(3)20)13(14(24,25)26,15(27,28)29)2-4(17)8(21)10(23)12(31)6(2)19/h30-31H2. The second-order valence-electron chi connectivity index (χ2n) is 5.83. The molecule has 0 spiro atoms. The molecule has 0 aliphatic carbocycles. The first-order valence-electron chi connectivity index (χ1n) is 7.22. The number of benzene rings is 2. The van der Waals surface area contributed by atoms with E-state index in [1.807, 2.05) is 0 Å². The molecular weight excluding hydrogens is 474 g/mol. The highest BCUT2D eigenvalue weighted by atomic mass is 19.4. The van der Waals surface area contributed by atoms with E-state index in [0.717, 1.165) is 0 Å². The van der Waals surface area contributed by atoms with Gasteiger partial charge in [-0.1, -0.05) is 0 Å². The van der Waals surface area contributed by atoms with Crippen molar-refractivity contribution in [3.8, 4) is 0 Å². The van der Waals surface area contributed by atoms with Crippen LogP contribution in [0.15, 0.2) is 0 Å². The van der Waals surface area contributed by atoms with Gasteiger partial charge in [-0.2, -0.15) is 26.3 Å². The molecule has 0 atom stereocenters. The Balaban J connectivity index is 3.41. The molecule has 0 radical (unpaired) electrons. The highest BCUT2D eigenvalue weighted by Gasteiger charge is 2.77. The average molecular weight is 478 g/mol. The maximum Gasteiger partial charge on any atom is 0.411 e. The van der Waals surface area contributed by atoms with Crippen LogP contribution in [0.4, 0.5) is 72.8 Å². The third-order valence-corrected chi connectivity index (χ3v) is 4.20. The third-order valence-electron chi connectivity index (χ3n) is 4.20. The first-order chi connectivity index (χ1) is 13.9. The van der Waals surface area contributed by atoms with E-state index < -0.39 is 86.8 Å². The van der Waals surface area contributed by atoms with E-state index in [0.29, 0.717) is 0 Å². The second-order valence-corrected chi connectivity index (χ2v) is 5.83. The van der Waals surface area contributed by atoms with Crippen molar-refractivity contribution in [3.63, 3.8) is 0 Å². The zero-order valence-electron chi connectivity index (χ0n) is 13.9. The van der Waals surface area contributed by atoms with Crippen molar-refractivity contribution < 1.29 is 61.5 Å². The third kappa shape index (κ3) is 3.02. The minimum absolute atomic E-state index is 2.44. The molecule has 2 aromatic carbocycles. The zero-order chi connectivity index (χ0) is 24.4. The molecule has 4 N–H and O–H groups in total. The summed E-state index contributed by atoms with van der Waals surface area (Å²) in [6, 6.07) is 0. The molecule has 0 amide bonds. The summed E-state index contributed by atoms with van der Waals surface area (Å²) in [4.78, 5) is 0. The number of nitrogens with two attached hydrogens (primary N) is 2. The van der Waals surface area contributed by atoms with E-state index in [1.165, 1.54) is 0 Å². The first-order valence-corrected chi connectivity index (χ1v) is 7.22. The zero-order valence-corrected chi connectivity index (χ0v) is 13.9. The van der Waals surface area contributed by atoms with Crippen molar-refractivity contribution in [2.24, 2.45) is 0 Å². The van der Waals surface area contributed by atoms with Crippen molar-refractivity contribution in [3.05, 3.63) is 57.7 Å². The fourth-order valence-electron chi connectivity index (χ4n) is 2.81. The summed E-state index contributed by atoms with van der Waals surface area (Å²) in [6.45, 7) is 0. The minimum Gasteiger partial charge on any atom is -0.394 e. The second kappa shape index (κ2) is 7.05. The van der Waals surface area contributed by atoms with Gasteiger partial charge in [-0.05, 0) is 0 Å². The van der Waals surface area contributed by atoms with Crippen LogP contribution in [0.2, 0.25) is 0 Å². The topological polar surface area (TPSA) is 52.0 Å². The van der Waals surface area contributed by atoms with Crippen LogP contribution in [-0.4, -0.2) is 12.4 Å². The smallest absolute Gasteiger partial charge is 0.394 e. The van der Waals surface area contributed by atoms with Crippen LogP contribution < -0.4 is 11.5 Å². The number of nitrogen functional groups attached to an aromatic ring is 2. The van der Waals surface area contributed by atoms with Gasteiger partial charge in [0.05, 0.1) is 11.1 Å². The Labute approximate surface area is 161 Å². The van der Waals surface area contributed by atoms with Crippen LogP contribution in [0.3, 0.4) is 0 Å². The van der Waals surface area contributed by atoms with Gasteiger partial charge in [0.1, 0.15) is 11.4 Å². The molecule has 0 saturated carbocycles. The highest BCUT2D eigenvalue weighted by molar-refractivity contribution is 5.58. The molecule has 2 aromatic rings. The van der Waals surface area contributed by atoms with Crippen LogP contribution in [-0.2, 0) is 5.41 Å². The Morgan fingerprint density at radius 2 is 0.645 bits per heavy atom. The first kappa shape index (κ1) is 24.3. The SMILES string of the molecule is Nc1c(F)c(F)c(F)c(C(c2c(F)c(N)c(F)c(F)c2F)(C(F)(F)F)C(F)(F)F)c1F. The Morgan fingerprint density at radius 1 is 0.387 bits per heavy atom. The summed E-state index contributed by atoms with van der Waals surface area (Å²) in [5.41, 5.74) is -9.60. The lowest BCUT2D eigenvalue weighted by Crippen LogP contribution is -2.57. The van der Waals surface area contributed by atoms with Gasteiger partial charge >= 0.3 is 12.4 Å². The van der Waals surface area contributed by atoms with Gasteiger partial charge in [0, 0.05) is 0 Å². The van der Waals surface area contributed by atoms with Crippen molar-refractivity contribution in [2.75, 3.05) is 11.5 Å². The summed E-state index contributed by atoms with van der Waals surface area (Å²) < 4.78 is 193. The molecule has 0 bridgehead atoms. The van der Waals surface area contributed by atoms with E-state index in [-0.39, 0.29) is 0 Å². The molecule has 0 fully saturated rings. The van der Waals surface area contributed by atoms with Crippen molar-refractivity contribution in [2.45, 2.75) is 17.8 Å². The fourth-order valence-corrected chi connectivity index (χ4v) is 2.81. The van der Waals surface area contributed by atoms with Gasteiger partial charge in [0.15, 0.2) is 46.5 Å². The summed E-state index contributed by atoms with van der Waals surface area (Å²) in [5.74, 6) is -25.6. The van der Waals surface area contributed by atoms with Crippen LogP contribution >= 0.6 is 0 Å². The normalized spacial score (nSPS) is 13.1. The lowest BCUT2D eigenvalue weighted by molar-refractivity contribution is -0.291. The van der Waals surface area contributed by atoms with E-state index >= 15 is 0 Å². The number of alkyl halides is 6. The Kier molecular flexibility index (Phi) is 5.53. The molecule has 0 aliphatic rings. The van der Waals surface area contributed by atoms with Gasteiger partial charge in [-0.25, -0.2) is 35.1 Å². The van der Waals surface area contributed by atoms with E-state index in [4.69, 9.17) is 0 Å². The average Bonchev–Trinajstić information content (AvgIpc) is 2.64. The number of rotatable bonds is 2. The fraction of sp³-hybridized carbons (Fsp3) is 0.200. The van der Waals surface area contributed by atoms with Crippen molar-refractivity contribution in [1.29, 1.82) is 0 Å².